The van der Waals surface area contributed by atoms with Crippen molar-refractivity contribution < 1.29 is 41.8 Å². The number of carbonyl (C=O) groups is 3. The molecule has 0 amide bonds. The predicted molar refractivity (Wildman–Crippen MR) is 144 cm³/mol. The van der Waals surface area contributed by atoms with E-state index in [2.05, 4.69) is 4.99 Å². The topological polar surface area (TPSA) is 91.3 Å². The SMILES string of the molecule is CCOC(=O)C1=C(CCC(OC(=O)C(F)(F)F)c2ccccc2)N=C(C)C(C(=O)OC)C1c1cccc(SC)c1. The van der Waals surface area contributed by atoms with Crippen LogP contribution in [0.15, 0.2) is 75.8 Å². The minimum atomic E-state index is -5.18. The molecular formula is C29H30F3NO6S. The third-order valence-electron chi connectivity index (χ3n) is 6.42. The Bertz CT molecular complexity index is 1290. The molecule has 1 aliphatic rings. The number of hydrogen-bond donors (Lipinski definition) is 0. The van der Waals surface area contributed by atoms with Crippen LogP contribution in [0.25, 0.3) is 0 Å². The molecule has 0 saturated heterocycles. The Labute approximate surface area is 234 Å². The highest BCUT2D eigenvalue weighted by Crippen LogP contribution is 2.43. The molecule has 0 bridgehead atoms. The lowest BCUT2D eigenvalue weighted by molar-refractivity contribution is -0.205. The lowest BCUT2D eigenvalue weighted by Crippen LogP contribution is -2.36. The van der Waals surface area contributed by atoms with E-state index in [1.54, 1.807) is 56.3 Å². The van der Waals surface area contributed by atoms with Gasteiger partial charge in [-0.1, -0.05) is 42.5 Å². The first-order valence-electron chi connectivity index (χ1n) is 12.5. The fraction of sp³-hybridized carbons (Fsp3) is 0.379. The summed E-state index contributed by atoms with van der Waals surface area (Å²) in [6.07, 6.45) is -4.70. The Kier molecular flexibility index (Phi) is 10.6. The van der Waals surface area contributed by atoms with Crippen LogP contribution in [0.2, 0.25) is 0 Å². The van der Waals surface area contributed by atoms with Gasteiger partial charge in [-0.25, -0.2) is 9.59 Å². The maximum Gasteiger partial charge on any atom is 0.490 e. The number of carbonyl (C=O) groups excluding carboxylic acids is 3. The first-order valence-corrected chi connectivity index (χ1v) is 13.7. The van der Waals surface area contributed by atoms with Gasteiger partial charge in [0.2, 0.25) is 0 Å². The van der Waals surface area contributed by atoms with Crippen molar-refractivity contribution in [2.24, 2.45) is 10.9 Å². The minimum absolute atomic E-state index is 0.0389. The first-order chi connectivity index (χ1) is 19.0. The number of alkyl halides is 3. The lowest BCUT2D eigenvalue weighted by Gasteiger charge is -2.32. The van der Waals surface area contributed by atoms with Gasteiger partial charge in [0.05, 0.1) is 25.0 Å². The van der Waals surface area contributed by atoms with E-state index in [1.807, 2.05) is 18.4 Å². The smallest absolute Gasteiger partial charge is 0.468 e. The lowest BCUT2D eigenvalue weighted by atomic mass is 9.75. The van der Waals surface area contributed by atoms with Crippen LogP contribution in [0, 0.1) is 5.92 Å². The standard InChI is InChI=1S/C29H30F3NO6S/c1-5-38-27(35)25-21(14-15-22(18-10-7-6-8-11-18)39-28(36)29(30,31)32)33-17(2)23(26(34)37-3)24(25)19-12-9-13-20(16-19)40-4/h6-13,16,22-24H,5,14-15H2,1-4H3. The molecule has 1 aliphatic heterocycles. The quantitative estimate of drug-likeness (QED) is 0.189. The maximum absolute atomic E-state index is 13.4. The van der Waals surface area contributed by atoms with Crippen molar-refractivity contribution in [3.8, 4) is 0 Å². The Morgan fingerprint density at radius 3 is 2.38 bits per heavy atom. The van der Waals surface area contributed by atoms with Gasteiger partial charge in [0.1, 0.15) is 12.0 Å². The summed E-state index contributed by atoms with van der Waals surface area (Å²) in [5.41, 5.74) is 1.72. The van der Waals surface area contributed by atoms with Crippen molar-refractivity contribution in [3.63, 3.8) is 0 Å². The Hall–Kier alpha value is -3.60. The molecule has 7 nitrogen and oxygen atoms in total. The molecule has 3 rings (SSSR count). The van der Waals surface area contributed by atoms with Crippen LogP contribution in [-0.2, 0) is 28.6 Å². The Balaban J connectivity index is 2.12. The molecule has 1 heterocycles. The molecule has 0 radical (unpaired) electrons. The van der Waals surface area contributed by atoms with Crippen LogP contribution in [-0.4, -0.2) is 49.8 Å². The van der Waals surface area contributed by atoms with E-state index < -0.39 is 42.0 Å². The molecule has 2 aromatic rings. The molecule has 11 heteroatoms. The number of allylic oxidation sites excluding steroid dienone is 1. The fourth-order valence-corrected chi connectivity index (χ4v) is 5.10. The van der Waals surface area contributed by atoms with Crippen LogP contribution in [0.1, 0.15) is 49.8 Å². The molecule has 2 aromatic carbocycles. The van der Waals surface area contributed by atoms with Crippen molar-refractivity contribution >= 4 is 35.4 Å². The number of methoxy groups -OCH3 is 1. The third kappa shape index (κ3) is 7.32. The van der Waals surface area contributed by atoms with E-state index in [-0.39, 0.29) is 30.7 Å². The van der Waals surface area contributed by atoms with E-state index in [1.165, 1.54) is 18.9 Å². The largest absolute Gasteiger partial charge is 0.490 e. The molecular weight excluding hydrogens is 547 g/mol. The van der Waals surface area contributed by atoms with Crippen LogP contribution in [0.4, 0.5) is 13.2 Å². The van der Waals surface area contributed by atoms with Crippen LogP contribution < -0.4 is 0 Å². The second-order valence-electron chi connectivity index (χ2n) is 8.93. The fourth-order valence-electron chi connectivity index (χ4n) is 4.63. The van der Waals surface area contributed by atoms with Gasteiger partial charge in [0.15, 0.2) is 0 Å². The molecule has 0 saturated carbocycles. The highest BCUT2D eigenvalue weighted by Gasteiger charge is 2.44. The molecule has 0 N–H and O–H groups in total. The number of benzene rings is 2. The van der Waals surface area contributed by atoms with Gasteiger partial charge in [-0.05, 0) is 56.2 Å². The number of aliphatic imine (C=N–C) groups is 1. The summed E-state index contributed by atoms with van der Waals surface area (Å²) in [6.45, 7) is 3.32. The number of hydrogen-bond acceptors (Lipinski definition) is 8. The third-order valence-corrected chi connectivity index (χ3v) is 7.14. The van der Waals surface area contributed by atoms with E-state index in [9.17, 15) is 27.6 Å². The van der Waals surface area contributed by atoms with E-state index in [4.69, 9.17) is 14.2 Å². The number of rotatable bonds is 10. The molecule has 3 atom stereocenters. The van der Waals surface area contributed by atoms with Gasteiger partial charge < -0.3 is 14.2 Å². The summed E-state index contributed by atoms with van der Waals surface area (Å²) in [5.74, 6) is -5.37. The van der Waals surface area contributed by atoms with Crippen molar-refractivity contribution in [1.29, 1.82) is 0 Å². The number of thioether (sulfide) groups is 1. The van der Waals surface area contributed by atoms with E-state index >= 15 is 0 Å². The maximum atomic E-state index is 13.4. The zero-order valence-corrected chi connectivity index (χ0v) is 23.3. The van der Waals surface area contributed by atoms with Gasteiger partial charge in [-0.15, -0.1) is 11.8 Å². The second kappa shape index (κ2) is 13.6. The van der Waals surface area contributed by atoms with E-state index in [0.717, 1.165) is 4.90 Å². The van der Waals surface area contributed by atoms with Gasteiger partial charge in [0, 0.05) is 16.5 Å². The number of nitrogens with zero attached hydrogens (tertiary/aromatic N) is 1. The molecule has 0 aliphatic carbocycles. The number of halogens is 3. The summed E-state index contributed by atoms with van der Waals surface area (Å²) >= 11 is 1.48. The monoisotopic (exact) mass is 577 g/mol. The summed E-state index contributed by atoms with van der Waals surface area (Å²) in [4.78, 5) is 43.6. The van der Waals surface area contributed by atoms with Crippen molar-refractivity contribution in [2.75, 3.05) is 20.0 Å². The van der Waals surface area contributed by atoms with Crippen LogP contribution in [0.3, 0.4) is 0 Å². The van der Waals surface area contributed by atoms with Crippen LogP contribution in [0.5, 0.6) is 0 Å². The van der Waals surface area contributed by atoms with Gasteiger partial charge in [-0.3, -0.25) is 9.79 Å². The Morgan fingerprint density at radius 2 is 1.77 bits per heavy atom. The predicted octanol–water partition coefficient (Wildman–Crippen LogP) is 6.20. The molecule has 3 unspecified atom stereocenters. The summed E-state index contributed by atoms with van der Waals surface area (Å²) < 4.78 is 54.5. The van der Waals surface area contributed by atoms with E-state index in [0.29, 0.717) is 16.8 Å². The normalized spacial score (nSPS) is 18.0. The minimum Gasteiger partial charge on any atom is -0.468 e. The van der Waals surface area contributed by atoms with Gasteiger partial charge in [0.25, 0.3) is 0 Å². The summed E-state index contributed by atoms with van der Waals surface area (Å²) in [6, 6.07) is 15.4. The number of ether oxygens (including phenoxy) is 3. The Morgan fingerprint density at radius 1 is 1.07 bits per heavy atom. The summed E-state index contributed by atoms with van der Waals surface area (Å²) in [5, 5.41) is 0. The van der Waals surface area contributed by atoms with Gasteiger partial charge >= 0.3 is 24.1 Å². The molecule has 0 aromatic heterocycles. The zero-order chi connectivity index (χ0) is 29.4. The highest BCUT2D eigenvalue weighted by atomic mass is 32.2. The molecule has 214 valence electrons. The van der Waals surface area contributed by atoms with Crippen LogP contribution >= 0.6 is 11.8 Å². The first kappa shape index (κ1) is 30.9. The summed E-state index contributed by atoms with van der Waals surface area (Å²) in [7, 11) is 1.24. The van der Waals surface area contributed by atoms with Crippen molar-refractivity contribution in [2.45, 2.75) is 49.8 Å². The molecule has 40 heavy (non-hydrogen) atoms. The molecule has 0 spiro atoms. The molecule has 0 fully saturated rings. The van der Waals surface area contributed by atoms with Gasteiger partial charge in [-0.2, -0.15) is 13.2 Å². The van der Waals surface area contributed by atoms with Crippen molar-refractivity contribution in [1.82, 2.24) is 0 Å². The van der Waals surface area contributed by atoms with Crippen molar-refractivity contribution in [3.05, 3.63) is 77.0 Å². The average molecular weight is 578 g/mol. The highest BCUT2D eigenvalue weighted by molar-refractivity contribution is 7.98. The average Bonchev–Trinajstić information content (AvgIpc) is 2.94. The number of esters is 3. The zero-order valence-electron chi connectivity index (χ0n) is 22.5. The second-order valence-corrected chi connectivity index (χ2v) is 9.81.